The van der Waals surface area contributed by atoms with Crippen LogP contribution >= 0.6 is 11.3 Å². The van der Waals surface area contributed by atoms with Crippen LogP contribution in [0.1, 0.15) is 11.3 Å². The van der Waals surface area contributed by atoms with Gasteiger partial charge in [-0.1, -0.05) is 12.1 Å². The van der Waals surface area contributed by atoms with Crippen molar-refractivity contribution in [3.63, 3.8) is 0 Å². The molecule has 110 valence electrons. The highest BCUT2D eigenvalue weighted by Crippen LogP contribution is 2.38. The lowest BCUT2D eigenvalue weighted by atomic mass is 10.2. The molecule has 0 fully saturated rings. The van der Waals surface area contributed by atoms with E-state index in [0.717, 1.165) is 28.5 Å². The molecule has 0 unspecified atom stereocenters. The molecule has 0 aliphatic carbocycles. The Kier molecular flexibility index (Phi) is 3.69. The number of nitrogens with zero attached hydrogens (tertiary/aromatic N) is 2. The first kappa shape index (κ1) is 14.1. The van der Waals surface area contributed by atoms with E-state index in [0.29, 0.717) is 6.61 Å². The van der Waals surface area contributed by atoms with E-state index in [1.54, 1.807) is 18.4 Å². The first-order valence-corrected chi connectivity index (χ1v) is 7.75. The molecular formula is C16H19N3OS. The number of thiazole rings is 1. The van der Waals surface area contributed by atoms with Crippen LogP contribution < -0.4 is 5.73 Å². The summed E-state index contributed by atoms with van der Waals surface area (Å²) >= 11 is 1.69. The molecule has 2 aromatic heterocycles. The number of ether oxygens (including phenoxy) is 1. The van der Waals surface area contributed by atoms with E-state index in [9.17, 15) is 0 Å². The number of para-hydroxylation sites is 1. The van der Waals surface area contributed by atoms with Gasteiger partial charge in [0, 0.05) is 19.3 Å². The van der Waals surface area contributed by atoms with Gasteiger partial charge in [0.2, 0.25) is 0 Å². The molecule has 0 saturated heterocycles. The number of anilines is 1. The Morgan fingerprint density at radius 3 is 2.76 bits per heavy atom. The lowest BCUT2D eigenvalue weighted by Gasteiger charge is -2.08. The number of benzene rings is 1. The third-order valence-electron chi connectivity index (χ3n) is 3.90. The molecular weight excluding hydrogens is 282 g/mol. The summed E-state index contributed by atoms with van der Waals surface area (Å²) in [5.41, 5.74) is 10.8. The Labute approximate surface area is 128 Å². The SMILES string of the molecule is COCCn1c(C)c(C)c(-c2nc3ccccc3s2)c1N. The number of hydrogen-bond acceptors (Lipinski definition) is 4. The van der Waals surface area contributed by atoms with Crippen LogP contribution in [-0.2, 0) is 11.3 Å². The third-order valence-corrected chi connectivity index (χ3v) is 4.95. The maximum absolute atomic E-state index is 6.37. The molecule has 0 aliphatic heterocycles. The monoisotopic (exact) mass is 301 g/mol. The highest BCUT2D eigenvalue weighted by molar-refractivity contribution is 7.21. The zero-order valence-corrected chi connectivity index (χ0v) is 13.3. The van der Waals surface area contributed by atoms with Crippen LogP contribution in [0.4, 0.5) is 5.82 Å². The molecule has 3 aromatic rings. The van der Waals surface area contributed by atoms with Crippen LogP contribution in [0.25, 0.3) is 20.8 Å². The minimum absolute atomic E-state index is 0.651. The van der Waals surface area contributed by atoms with Crippen molar-refractivity contribution in [1.82, 2.24) is 9.55 Å². The number of hydrogen-bond donors (Lipinski definition) is 1. The standard InChI is InChI=1S/C16H19N3OS/c1-10-11(2)19(8-9-20-3)15(17)14(10)16-18-12-6-4-5-7-13(12)21-16/h4-7H,8-9,17H2,1-3H3. The predicted octanol–water partition coefficient (Wildman–Crippen LogP) is 3.61. The van der Waals surface area contributed by atoms with Gasteiger partial charge >= 0.3 is 0 Å². The Morgan fingerprint density at radius 1 is 1.29 bits per heavy atom. The van der Waals surface area contributed by atoms with Gasteiger partial charge in [0.15, 0.2) is 0 Å². The molecule has 21 heavy (non-hydrogen) atoms. The summed E-state index contributed by atoms with van der Waals surface area (Å²) in [5, 5.41) is 0.991. The van der Waals surface area contributed by atoms with Crippen molar-refractivity contribution < 1.29 is 4.74 Å². The van der Waals surface area contributed by atoms with E-state index in [1.165, 1.54) is 16.0 Å². The second-order valence-corrected chi connectivity index (χ2v) is 6.13. The zero-order valence-electron chi connectivity index (χ0n) is 12.5. The van der Waals surface area contributed by atoms with Crippen LogP contribution in [0.3, 0.4) is 0 Å². The van der Waals surface area contributed by atoms with Crippen molar-refractivity contribution in [2.24, 2.45) is 0 Å². The first-order chi connectivity index (χ1) is 10.1. The molecule has 4 nitrogen and oxygen atoms in total. The summed E-state index contributed by atoms with van der Waals surface area (Å²) in [6.07, 6.45) is 0. The Hall–Kier alpha value is -1.85. The zero-order chi connectivity index (χ0) is 15.0. The lowest BCUT2D eigenvalue weighted by Crippen LogP contribution is -2.09. The van der Waals surface area contributed by atoms with Gasteiger partial charge in [-0.25, -0.2) is 4.98 Å². The second kappa shape index (κ2) is 5.50. The van der Waals surface area contributed by atoms with E-state index in [-0.39, 0.29) is 0 Å². The van der Waals surface area contributed by atoms with E-state index < -0.39 is 0 Å². The van der Waals surface area contributed by atoms with Crippen LogP contribution in [0.5, 0.6) is 0 Å². The molecule has 0 bridgehead atoms. The molecule has 5 heteroatoms. The normalized spacial score (nSPS) is 11.4. The van der Waals surface area contributed by atoms with Crippen molar-refractivity contribution in [2.45, 2.75) is 20.4 Å². The molecule has 0 atom stereocenters. The first-order valence-electron chi connectivity index (χ1n) is 6.93. The van der Waals surface area contributed by atoms with E-state index in [4.69, 9.17) is 15.5 Å². The minimum atomic E-state index is 0.651. The summed E-state index contributed by atoms with van der Waals surface area (Å²) in [5.74, 6) is 0.779. The summed E-state index contributed by atoms with van der Waals surface area (Å²) in [6.45, 7) is 5.62. The Bertz CT molecular complexity index is 755. The molecule has 2 N–H and O–H groups in total. The van der Waals surface area contributed by atoms with Crippen molar-refractivity contribution in [2.75, 3.05) is 19.5 Å². The van der Waals surface area contributed by atoms with Gasteiger partial charge in [-0.05, 0) is 31.5 Å². The van der Waals surface area contributed by atoms with Crippen molar-refractivity contribution in [3.05, 3.63) is 35.5 Å². The highest BCUT2D eigenvalue weighted by Gasteiger charge is 2.19. The highest BCUT2D eigenvalue weighted by atomic mass is 32.1. The predicted molar refractivity (Wildman–Crippen MR) is 88.8 cm³/mol. The van der Waals surface area contributed by atoms with E-state index in [1.807, 2.05) is 18.2 Å². The summed E-state index contributed by atoms with van der Waals surface area (Å²) in [4.78, 5) is 4.73. The number of fused-ring (bicyclic) bond motifs is 1. The van der Waals surface area contributed by atoms with Crippen molar-refractivity contribution in [3.8, 4) is 10.6 Å². The molecule has 0 radical (unpaired) electrons. The lowest BCUT2D eigenvalue weighted by molar-refractivity contribution is 0.187. The number of rotatable bonds is 4. The quantitative estimate of drug-likeness (QED) is 0.801. The van der Waals surface area contributed by atoms with Crippen molar-refractivity contribution in [1.29, 1.82) is 0 Å². The average Bonchev–Trinajstić information content (AvgIpc) is 2.98. The van der Waals surface area contributed by atoms with Crippen molar-refractivity contribution >= 4 is 27.4 Å². The molecule has 3 rings (SSSR count). The van der Waals surface area contributed by atoms with Crippen LogP contribution in [0.15, 0.2) is 24.3 Å². The molecule has 0 spiro atoms. The van der Waals surface area contributed by atoms with Crippen LogP contribution in [0, 0.1) is 13.8 Å². The number of methoxy groups -OCH3 is 1. The number of nitrogen functional groups attached to an aromatic ring is 1. The molecule has 2 heterocycles. The second-order valence-electron chi connectivity index (χ2n) is 5.10. The van der Waals surface area contributed by atoms with E-state index >= 15 is 0 Å². The van der Waals surface area contributed by atoms with Gasteiger partial charge in [-0.2, -0.15) is 0 Å². The summed E-state index contributed by atoms with van der Waals surface area (Å²) < 4.78 is 8.47. The summed E-state index contributed by atoms with van der Waals surface area (Å²) in [6, 6.07) is 8.18. The fourth-order valence-electron chi connectivity index (χ4n) is 2.61. The maximum atomic E-state index is 6.37. The van der Waals surface area contributed by atoms with Gasteiger partial charge in [-0.3, -0.25) is 0 Å². The molecule has 1 aromatic carbocycles. The summed E-state index contributed by atoms with van der Waals surface area (Å²) in [7, 11) is 1.70. The van der Waals surface area contributed by atoms with Gasteiger partial charge < -0.3 is 15.0 Å². The smallest absolute Gasteiger partial charge is 0.128 e. The fraction of sp³-hybridized carbons (Fsp3) is 0.312. The molecule has 0 saturated carbocycles. The fourth-order valence-corrected chi connectivity index (χ4v) is 3.69. The number of nitrogens with two attached hydrogens (primary N) is 1. The minimum Gasteiger partial charge on any atom is -0.384 e. The van der Waals surface area contributed by atoms with E-state index in [2.05, 4.69) is 24.5 Å². The third kappa shape index (κ3) is 2.32. The maximum Gasteiger partial charge on any atom is 0.128 e. The Balaban J connectivity index is 2.13. The van der Waals surface area contributed by atoms with Crippen LogP contribution in [0.2, 0.25) is 0 Å². The van der Waals surface area contributed by atoms with Gasteiger partial charge in [0.1, 0.15) is 10.8 Å². The average molecular weight is 301 g/mol. The largest absolute Gasteiger partial charge is 0.384 e. The topological polar surface area (TPSA) is 53.1 Å². The van der Waals surface area contributed by atoms with Gasteiger partial charge in [-0.15, -0.1) is 11.3 Å². The van der Waals surface area contributed by atoms with Crippen LogP contribution in [-0.4, -0.2) is 23.3 Å². The molecule has 0 amide bonds. The van der Waals surface area contributed by atoms with Gasteiger partial charge in [0.05, 0.1) is 22.4 Å². The molecule has 0 aliphatic rings. The van der Waals surface area contributed by atoms with Gasteiger partial charge in [0.25, 0.3) is 0 Å². The number of aromatic nitrogens is 2. The Morgan fingerprint density at radius 2 is 2.05 bits per heavy atom.